The highest BCUT2D eigenvalue weighted by atomic mass is 35.5. The molecule has 0 unspecified atom stereocenters. The number of para-hydroxylation sites is 1. The van der Waals surface area contributed by atoms with Gasteiger partial charge in [0.2, 0.25) is 11.8 Å². The van der Waals surface area contributed by atoms with E-state index in [0.29, 0.717) is 5.69 Å². The van der Waals surface area contributed by atoms with Crippen LogP contribution in [-0.4, -0.2) is 48.1 Å². The summed E-state index contributed by atoms with van der Waals surface area (Å²) >= 11 is 5.82. The third-order valence-electron chi connectivity index (χ3n) is 3.21. The number of amides is 2. The van der Waals surface area contributed by atoms with E-state index in [0.717, 1.165) is 17.2 Å². The lowest BCUT2D eigenvalue weighted by atomic mass is 10.2. The van der Waals surface area contributed by atoms with Crippen molar-refractivity contribution >= 4 is 29.1 Å². The first-order chi connectivity index (χ1) is 12.7. The second kappa shape index (κ2) is 8.72. The van der Waals surface area contributed by atoms with E-state index in [-0.39, 0.29) is 17.1 Å². The summed E-state index contributed by atoms with van der Waals surface area (Å²) in [6, 6.07) is 9.83. The van der Waals surface area contributed by atoms with Crippen LogP contribution in [0.4, 0.5) is 18.9 Å². The average molecular weight is 402 g/mol. The maximum absolute atomic E-state index is 12.3. The molecular weight excluding hydrogens is 387 g/mol. The van der Waals surface area contributed by atoms with Crippen LogP contribution in [0.3, 0.4) is 0 Å². The van der Waals surface area contributed by atoms with Gasteiger partial charge in [0, 0.05) is 18.9 Å². The molecule has 2 aromatic rings. The molecule has 0 bridgehead atoms. The van der Waals surface area contributed by atoms with Gasteiger partial charge in [-0.1, -0.05) is 29.8 Å². The minimum atomic E-state index is -4.54. The SMILES string of the molecule is CN(CC(=O)Nc1ccccc1)C(=O)c1cnc(OCC(F)(F)F)c(Cl)c1. The number of aromatic nitrogens is 1. The highest BCUT2D eigenvalue weighted by Crippen LogP contribution is 2.25. The first kappa shape index (κ1) is 20.5. The molecule has 0 saturated carbocycles. The third kappa shape index (κ3) is 6.45. The zero-order valence-corrected chi connectivity index (χ0v) is 14.8. The maximum atomic E-state index is 12.3. The Balaban J connectivity index is 1.97. The Labute approximate surface area is 157 Å². The van der Waals surface area contributed by atoms with Gasteiger partial charge in [-0.2, -0.15) is 13.2 Å². The number of alkyl halides is 3. The van der Waals surface area contributed by atoms with Gasteiger partial charge >= 0.3 is 6.18 Å². The van der Waals surface area contributed by atoms with Crippen LogP contribution < -0.4 is 10.1 Å². The normalized spacial score (nSPS) is 11.0. The zero-order chi connectivity index (χ0) is 20.0. The van der Waals surface area contributed by atoms with Gasteiger partial charge in [0.05, 0.1) is 12.1 Å². The molecule has 0 aliphatic carbocycles. The topological polar surface area (TPSA) is 71.5 Å². The van der Waals surface area contributed by atoms with Gasteiger partial charge in [-0.3, -0.25) is 9.59 Å². The summed E-state index contributed by atoms with van der Waals surface area (Å²) in [4.78, 5) is 29.1. The quantitative estimate of drug-likeness (QED) is 0.805. The van der Waals surface area contributed by atoms with E-state index in [1.54, 1.807) is 30.3 Å². The molecule has 0 atom stereocenters. The third-order valence-corrected chi connectivity index (χ3v) is 3.48. The standard InChI is InChI=1S/C17H15ClF3N3O3/c1-24(9-14(25)23-12-5-3-2-4-6-12)16(26)11-7-13(18)15(22-8-11)27-10-17(19,20)21/h2-8H,9-10H2,1H3,(H,23,25). The largest absolute Gasteiger partial charge is 0.467 e. The number of likely N-dealkylation sites (N-methyl/N-ethyl adjacent to an activating group) is 1. The van der Waals surface area contributed by atoms with E-state index in [9.17, 15) is 22.8 Å². The highest BCUT2D eigenvalue weighted by molar-refractivity contribution is 6.32. The van der Waals surface area contributed by atoms with Crippen LogP contribution in [0, 0.1) is 0 Å². The molecule has 0 fully saturated rings. The maximum Gasteiger partial charge on any atom is 0.422 e. The van der Waals surface area contributed by atoms with Crippen LogP contribution in [0.5, 0.6) is 5.88 Å². The lowest BCUT2D eigenvalue weighted by molar-refractivity contribution is -0.154. The summed E-state index contributed by atoms with van der Waals surface area (Å²) < 4.78 is 41.0. The molecule has 1 aromatic carbocycles. The van der Waals surface area contributed by atoms with Gasteiger partial charge in [0.15, 0.2) is 6.61 Å². The van der Waals surface area contributed by atoms with Crippen molar-refractivity contribution in [3.8, 4) is 5.88 Å². The molecule has 1 aromatic heterocycles. The number of ether oxygens (including phenoxy) is 1. The fourth-order valence-corrected chi connectivity index (χ4v) is 2.25. The van der Waals surface area contributed by atoms with Gasteiger partial charge < -0.3 is 15.0 Å². The predicted molar refractivity (Wildman–Crippen MR) is 92.8 cm³/mol. The summed E-state index contributed by atoms with van der Waals surface area (Å²) in [6.45, 7) is -1.79. The second-order valence-corrected chi connectivity index (χ2v) is 5.90. The number of halogens is 4. The molecule has 2 rings (SSSR count). The molecule has 0 aliphatic rings. The van der Waals surface area contributed by atoms with E-state index in [1.165, 1.54) is 7.05 Å². The van der Waals surface area contributed by atoms with Crippen LogP contribution in [0.25, 0.3) is 0 Å². The van der Waals surface area contributed by atoms with E-state index in [4.69, 9.17) is 11.6 Å². The number of anilines is 1. The van der Waals surface area contributed by atoms with Gasteiger partial charge in [-0.25, -0.2) is 4.98 Å². The average Bonchev–Trinajstić information content (AvgIpc) is 2.59. The Morgan fingerprint density at radius 2 is 1.93 bits per heavy atom. The Morgan fingerprint density at radius 1 is 1.26 bits per heavy atom. The minimum absolute atomic E-state index is 0.00868. The van der Waals surface area contributed by atoms with Crippen LogP contribution in [0.1, 0.15) is 10.4 Å². The number of rotatable bonds is 6. The predicted octanol–water partition coefficient (Wildman–Crippen LogP) is 3.39. The van der Waals surface area contributed by atoms with E-state index in [1.807, 2.05) is 0 Å². The van der Waals surface area contributed by atoms with Crippen LogP contribution in [0.2, 0.25) is 5.02 Å². The van der Waals surface area contributed by atoms with Crippen LogP contribution >= 0.6 is 11.6 Å². The van der Waals surface area contributed by atoms with Crippen molar-refractivity contribution in [2.75, 3.05) is 25.5 Å². The van der Waals surface area contributed by atoms with Crippen molar-refractivity contribution in [1.29, 1.82) is 0 Å². The summed E-state index contributed by atoms with van der Waals surface area (Å²) in [7, 11) is 1.40. The monoisotopic (exact) mass is 401 g/mol. The van der Waals surface area contributed by atoms with Crippen molar-refractivity contribution in [3.63, 3.8) is 0 Å². The smallest absolute Gasteiger partial charge is 0.422 e. The summed E-state index contributed by atoms with van der Waals surface area (Å²) in [5, 5.41) is 2.39. The molecule has 1 heterocycles. The number of benzene rings is 1. The lowest BCUT2D eigenvalue weighted by Crippen LogP contribution is -2.35. The van der Waals surface area contributed by atoms with Gasteiger partial charge in [0.25, 0.3) is 5.91 Å². The Bertz CT molecular complexity index is 816. The fourth-order valence-electron chi connectivity index (χ4n) is 2.03. The Hall–Kier alpha value is -2.81. The van der Waals surface area contributed by atoms with Gasteiger partial charge in [-0.15, -0.1) is 0 Å². The zero-order valence-electron chi connectivity index (χ0n) is 14.1. The van der Waals surface area contributed by atoms with Gasteiger partial charge in [-0.05, 0) is 18.2 Å². The van der Waals surface area contributed by atoms with E-state index < -0.39 is 30.5 Å². The Morgan fingerprint density at radius 3 is 2.52 bits per heavy atom. The van der Waals surface area contributed by atoms with Crippen molar-refractivity contribution in [3.05, 3.63) is 53.2 Å². The lowest BCUT2D eigenvalue weighted by Gasteiger charge is -2.17. The van der Waals surface area contributed by atoms with Crippen LogP contribution in [0.15, 0.2) is 42.6 Å². The first-order valence-corrected chi connectivity index (χ1v) is 7.99. The molecule has 0 aliphatic heterocycles. The van der Waals surface area contributed by atoms with Crippen molar-refractivity contribution in [2.24, 2.45) is 0 Å². The van der Waals surface area contributed by atoms with Crippen molar-refractivity contribution in [2.45, 2.75) is 6.18 Å². The number of carbonyl (C=O) groups is 2. The van der Waals surface area contributed by atoms with E-state index in [2.05, 4.69) is 15.0 Å². The summed E-state index contributed by atoms with van der Waals surface area (Å²) in [5.41, 5.74) is 0.591. The highest BCUT2D eigenvalue weighted by Gasteiger charge is 2.29. The molecule has 144 valence electrons. The molecule has 0 saturated heterocycles. The number of hydrogen-bond acceptors (Lipinski definition) is 4. The molecule has 2 amide bonds. The molecule has 1 N–H and O–H groups in total. The van der Waals surface area contributed by atoms with Crippen molar-refractivity contribution < 1.29 is 27.5 Å². The Kier molecular flexibility index (Phi) is 6.62. The molecule has 6 nitrogen and oxygen atoms in total. The number of carbonyl (C=O) groups excluding carboxylic acids is 2. The summed E-state index contributed by atoms with van der Waals surface area (Å²) in [6.07, 6.45) is -3.50. The number of nitrogens with zero attached hydrogens (tertiary/aromatic N) is 2. The number of nitrogens with one attached hydrogen (secondary N) is 1. The van der Waals surface area contributed by atoms with Crippen LogP contribution in [-0.2, 0) is 4.79 Å². The molecule has 10 heteroatoms. The van der Waals surface area contributed by atoms with Crippen molar-refractivity contribution in [1.82, 2.24) is 9.88 Å². The number of pyridine rings is 1. The van der Waals surface area contributed by atoms with E-state index >= 15 is 0 Å². The first-order valence-electron chi connectivity index (χ1n) is 7.61. The second-order valence-electron chi connectivity index (χ2n) is 5.49. The minimum Gasteiger partial charge on any atom is -0.467 e. The fraction of sp³-hybridized carbons (Fsp3) is 0.235. The summed E-state index contributed by atoms with van der Waals surface area (Å²) in [5.74, 6) is -1.42. The molecular formula is C17H15ClF3N3O3. The molecule has 27 heavy (non-hydrogen) atoms. The molecule has 0 radical (unpaired) electrons. The molecule has 0 spiro atoms. The van der Waals surface area contributed by atoms with Gasteiger partial charge in [0.1, 0.15) is 5.02 Å². The number of hydrogen-bond donors (Lipinski definition) is 1.